The maximum absolute atomic E-state index is 13.0. The maximum Gasteiger partial charge on any atom is 0.409 e. The fourth-order valence-electron chi connectivity index (χ4n) is 0.791. The molecule has 0 aliphatic heterocycles. The van der Waals surface area contributed by atoms with Crippen LogP contribution in [0.3, 0.4) is 0 Å². The van der Waals surface area contributed by atoms with Gasteiger partial charge in [-0.2, -0.15) is 0 Å². The lowest BCUT2D eigenvalue weighted by atomic mass is 10.2. The van der Waals surface area contributed by atoms with Gasteiger partial charge in [-0.05, 0) is 28.1 Å². The molecule has 13 heavy (non-hydrogen) atoms. The zero-order valence-electron chi connectivity index (χ0n) is 6.34. The fraction of sp³-hybridized carbons (Fsp3) is 0. The quantitative estimate of drug-likeness (QED) is 0.668. The highest BCUT2D eigenvalue weighted by Gasteiger charge is 2.09. The van der Waals surface area contributed by atoms with Gasteiger partial charge in [0.25, 0.3) is 0 Å². The number of carbonyl (C=O) groups is 1. The van der Waals surface area contributed by atoms with Gasteiger partial charge in [-0.3, -0.25) is 5.32 Å². The molecular formula is C7H6BrFN2O2. The number of nitrogens with one attached hydrogen (secondary N) is 1. The Morgan fingerprint density at radius 2 is 2.23 bits per heavy atom. The molecule has 4 nitrogen and oxygen atoms in total. The van der Waals surface area contributed by atoms with Crippen molar-refractivity contribution in [3.05, 3.63) is 22.4 Å². The molecule has 0 unspecified atom stereocenters. The summed E-state index contributed by atoms with van der Waals surface area (Å²) in [4.78, 5) is 10.2. The molecule has 0 radical (unpaired) electrons. The average molecular weight is 249 g/mol. The minimum Gasteiger partial charge on any atom is -0.465 e. The van der Waals surface area contributed by atoms with Gasteiger partial charge in [0.05, 0.1) is 15.8 Å². The Morgan fingerprint density at radius 3 is 2.77 bits per heavy atom. The normalized spacial score (nSPS) is 9.69. The number of anilines is 2. The number of carboxylic acid groups (broad SMARTS) is 1. The van der Waals surface area contributed by atoms with Gasteiger partial charge in [-0.25, -0.2) is 9.18 Å². The molecule has 1 rings (SSSR count). The van der Waals surface area contributed by atoms with E-state index in [0.29, 0.717) is 0 Å². The average Bonchev–Trinajstić information content (AvgIpc) is 2.06. The Balaban J connectivity index is 3.10. The Labute approximate surface area is 81.7 Å². The van der Waals surface area contributed by atoms with Crippen molar-refractivity contribution in [2.45, 2.75) is 0 Å². The third-order valence-electron chi connectivity index (χ3n) is 1.37. The smallest absolute Gasteiger partial charge is 0.409 e. The van der Waals surface area contributed by atoms with Gasteiger partial charge in [0.2, 0.25) is 0 Å². The van der Waals surface area contributed by atoms with Crippen molar-refractivity contribution in [3.8, 4) is 0 Å². The first-order chi connectivity index (χ1) is 6.02. The third kappa shape index (κ3) is 2.09. The molecule has 0 spiro atoms. The van der Waals surface area contributed by atoms with Crippen molar-refractivity contribution < 1.29 is 14.3 Å². The lowest BCUT2D eigenvalue weighted by Gasteiger charge is -2.06. The molecule has 0 saturated carbocycles. The van der Waals surface area contributed by atoms with Crippen molar-refractivity contribution >= 4 is 33.4 Å². The van der Waals surface area contributed by atoms with Crippen LogP contribution in [0.25, 0.3) is 0 Å². The van der Waals surface area contributed by atoms with Crippen LogP contribution in [0, 0.1) is 5.82 Å². The van der Waals surface area contributed by atoms with E-state index in [1.165, 1.54) is 12.1 Å². The molecule has 1 aromatic rings. The highest BCUT2D eigenvalue weighted by Crippen LogP contribution is 2.27. The van der Waals surface area contributed by atoms with Crippen LogP contribution in [0.1, 0.15) is 0 Å². The van der Waals surface area contributed by atoms with Gasteiger partial charge < -0.3 is 10.8 Å². The number of amides is 1. The van der Waals surface area contributed by atoms with Crippen molar-refractivity contribution in [2.75, 3.05) is 11.1 Å². The SMILES string of the molecule is Nc1c(NC(=O)O)ccc(Br)c1F. The van der Waals surface area contributed by atoms with Crippen LogP contribution in [0.4, 0.5) is 20.6 Å². The van der Waals surface area contributed by atoms with Crippen LogP contribution in [-0.4, -0.2) is 11.2 Å². The van der Waals surface area contributed by atoms with Gasteiger partial charge in [0.1, 0.15) is 0 Å². The van der Waals surface area contributed by atoms with E-state index in [2.05, 4.69) is 15.9 Å². The summed E-state index contributed by atoms with van der Waals surface area (Å²) in [6, 6.07) is 2.74. The van der Waals surface area contributed by atoms with E-state index in [-0.39, 0.29) is 15.8 Å². The van der Waals surface area contributed by atoms with Crippen LogP contribution >= 0.6 is 15.9 Å². The van der Waals surface area contributed by atoms with Gasteiger partial charge in [0.15, 0.2) is 5.82 Å². The van der Waals surface area contributed by atoms with Crippen LogP contribution in [0.15, 0.2) is 16.6 Å². The Morgan fingerprint density at radius 1 is 1.62 bits per heavy atom. The lowest BCUT2D eigenvalue weighted by molar-refractivity contribution is 0.210. The zero-order chi connectivity index (χ0) is 10.0. The zero-order valence-corrected chi connectivity index (χ0v) is 7.93. The Kier molecular flexibility index (Phi) is 2.72. The molecule has 1 amide bonds. The van der Waals surface area contributed by atoms with E-state index in [4.69, 9.17) is 10.8 Å². The first-order valence-electron chi connectivity index (χ1n) is 3.26. The van der Waals surface area contributed by atoms with Crippen LogP contribution in [0.2, 0.25) is 0 Å². The molecule has 70 valence electrons. The molecular weight excluding hydrogens is 243 g/mol. The van der Waals surface area contributed by atoms with Crippen LogP contribution < -0.4 is 11.1 Å². The van der Waals surface area contributed by atoms with Gasteiger partial charge in [0, 0.05) is 0 Å². The van der Waals surface area contributed by atoms with Crippen molar-refractivity contribution in [1.29, 1.82) is 0 Å². The lowest BCUT2D eigenvalue weighted by Crippen LogP contribution is -2.10. The predicted molar refractivity (Wildman–Crippen MR) is 50.2 cm³/mol. The molecule has 0 bridgehead atoms. The molecule has 0 atom stereocenters. The van der Waals surface area contributed by atoms with Crippen molar-refractivity contribution in [3.63, 3.8) is 0 Å². The largest absolute Gasteiger partial charge is 0.465 e. The standard InChI is InChI=1S/C7H6BrFN2O2/c8-3-1-2-4(11-7(12)13)6(10)5(3)9/h1-2,11H,10H2,(H,12,13). The van der Waals surface area contributed by atoms with Crippen LogP contribution in [-0.2, 0) is 0 Å². The first-order valence-corrected chi connectivity index (χ1v) is 4.05. The fourth-order valence-corrected chi connectivity index (χ4v) is 1.14. The molecule has 4 N–H and O–H groups in total. The Bertz CT molecular complexity index is 357. The highest BCUT2D eigenvalue weighted by atomic mass is 79.9. The summed E-state index contributed by atoms with van der Waals surface area (Å²) in [6.45, 7) is 0. The number of halogens is 2. The first kappa shape index (κ1) is 9.79. The van der Waals surface area contributed by atoms with Gasteiger partial charge in [-0.1, -0.05) is 0 Å². The minimum atomic E-state index is -1.28. The Hall–Kier alpha value is -1.30. The predicted octanol–water partition coefficient (Wildman–Crippen LogP) is 2.26. The molecule has 1 aromatic carbocycles. The summed E-state index contributed by atoms with van der Waals surface area (Å²) in [5.41, 5.74) is 5.11. The third-order valence-corrected chi connectivity index (χ3v) is 1.99. The number of benzene rings is 1. The van der Waals surface area contributed by atoms with Gasteiger partial charge >= 0.3 is 6.09 Å². The molecule has 0 aromatic heterocycles. The molecule has 6 heteroatoms. The summed E-state index contributed by atoms with van der Waals surface area (Å²) in [6.07, 6.45) is -1.28. The second kappa shape index (κ2) is 3.61. The monoisotopic (exact) mass is 248 g/mol. The summed E-state index contributed by atoms with van der Waals surface area (Å²) in [5, 5.41) is 10.3. The highest BCUT2D eigenvalue weighted by molar-refractivity contribution is 9.10. The second-order valence-electron chi connectivity index (χ2n) is 2.25. The van der Waals surface area contributed by atoms with E-state index < -0.39 is 11.9 Å². The van der Waals surface area contributed by atoms with Crippen molar-refractivity contribution in [1.82, 2.24) is 0 Å². The topological polar surface area (TPSA) is 75.3 Å². The molecule has 0 heterocycles. The molecule has 0 saturated heterocycles. The van der Waals surface area contributed by atoms with E-state index >= 15 is 0 Å². The summed E-state index contributed by atoms with van der Waals surface area (Å²) in [7, 11) is 0. The number of rotatable bonds is 1. The summed E-state index contributed by atoms with van der Waals surface area (Å²) < 4.78 is 13.2. The number of nitrogens with two attached hydrogens (primary N) is 1. The number of nitrogen functional groups attached to an aromatic ring is 1. The number of hydrogen-bond donors (Lipinski definition) is 3. The van der Waals surface area contributed by atoms with Gasteiger partial charge in [-0.15, -0.1) is 0 Å². The molecule has 0 aliphatic rings. The summed E-state index contributed by atoms with van der Waals surface area (Å²) in [5.74, 6) is -0.675. The minimum absolute atomic E-state index is 0.0354. The summed E-state index contributed by atoms with van der Waals surface area (Å²) >= 11 is 2.92. The van der Waals surface area contributed by atoms with Crippen molar-refractivity contribution in [2.24, 2.45) is 0 Å². The second-order valence-corrected chi connectivity index (χ2v) is 3.11. The molecule has 0 aliphatic carbocycles. The number of hydrogen-bond acceptors (Lipinski definition) is 2. The van der Waals surface area contributed by atoms with E-state index in [1.54, 1.807) is 0 Å². The van der Waals surface area contributed by atoms with Crippen LogP contribution in [0.5, 0.6) is 0 Å². The van der Waals surface area contributed by atoms with E-state index in [0.717, 1.165) is 0 Å². The maximum atomic E-state index is 13.0. The molecule has 0 fully saturated rings. The van der Waals surface area contributed by atoms with E-state index in [1.807, 2.05) is 5.32 Å². The van der Waals surface area contributed by atoms with E-state index in [9.17, 15) is 9.18 Å².